The van der Waals surface area contributed by atoms with Crippen LogP contribution in [0.1, 0.15) is 32.7 Å². The number of carboxylic acids is 1. The van der Waals surface area contributed by atoms with Gasteiger partial charge in [-0.15, -0.1) is 0 Å². The van der Waals surface area contributed by atoms with Gasteiger partial charge >= 0.3 is 5.97 Å². The fourth-order valence-electron chi connectivity index (χ4n) is 3.54. The first-order valence-electron chi connectivity index (χ1n) is 10.5. The fourth-order valence-corrected chi connectivity index (χ4v) is 4.79. The van der Waals surface area contributed by atoms with Gasteiger partial charge in [0.1, 0.15) is 5.03 Å². The second kappa shape index (κ2) is 9.43. The van der Waals surface area contributed by atoms with Crippen molar-refractivity contribution in [3.8, 4) is 17.5 Å². The van der Waals surface area contributed by atoms with Crippen LogP contribution in [0.25, 0.3) is 5.69 Å². The van der Waals surface area contributed by atoms with E-state index in [4.69, 9.17) is 0 Å². The maximum Gasteiger partial charge on any atom is 0.337 e. The molecule has 0 saturated carbocycles. The average Bonchev–Trinajstić information content (AvgIpc) is 3.47. The number of benzene rings is 2. The predicted molar refractivity (Wildman–Crippen MR) is 129 cm³/mol. The highest BCUT2D eigenvalue weighted by Gasteiger charge is 2.18. The summed E-state index contributed by atoms with van der Waals surface area (Å²) < 4.78 is 31.1. The highest BCUT2D eigenvalue weighted by molar-refractivity contribution is 7.89. The van der Waals surface area contributed by atoms with Gasteiger partial charge in [0.15, 0.2) is 0 Å². The Kier molecular flexibility index (Phi) is 6.41. The van der Waals surface area contributed by atoms with Crippen LogP contribution in [0.4, 0.5) is 0 Å². The number of hydrogen-bond donors (Lipinski definition) is 2. The van der Waals surface area contributed by atoms with Crippen molar-refractivity contribution in [2.45, 2.75) is 18.5 Å². The molecule has 4 rings (SSSR count). The summed E-state index contributed by atoms with van der Waals surface area (Å²) in [5, 5.41) is 9.81. The van der Waals surface area contributed by atoms with Gasteiger partial charge in [-0.1, -0.05) is 30.0 Å². The minimum absolute atomic E-state index is 0.151. The molecule has 2 aromatic carbocycles. The summed E-state index contributed by atoms with van der Waals surface area (Å²) in [4.78, 5) is 11.7. The Morgan fingerprint density at radius 3 is 2.29 bits per heavy atom. The van der Waals surface area contributed by atoms with Gasteiger partial charge < -0.3 is 14.2 Å². The van der Waals surface area contributed by atoms with Gasteiger partial charge in [0.2, 0.25) is 0 Å². The topological polar surface area (TPSA) is 93.3 Å². The average molecular weight is 474 g/mol. The highest BCUT2D eigenvalue weighted by Crippen LogP contribution is 2.20. The molecule has 0 saturated heterocycles. The molecule has 2 heterocycles. The van der Waals surface area contributed by atoms with E-state index in [1.807, 2.05) is 31.2 Å². The summed E-state index contributed by atoms with van der Waals surface area (Å²) in [7, 11) is -1.91. The predicted octanol–water partition coefficient (Wildman–Crippen LogP) is 3.70. The molecule has 34 heavy (non-hydrogen) atoms. The van der Waals surface area contributed by atoms with E-state index in [1.165, 1.54) is 0 Å². The molecule has 4 aromatic rings. The van der Waals surface area contributed by atoms with Crippen molar-refractivity contribution in [3.05, 3.63) is 107 Å². The molecule has 0 aliphatic carbocycles. The highest BCUT2D eigenvalue weighted by atomic mass is 32.2. The number of sulfonamides is 1. The van der Waals surface area contributed by atoms with Crippen molar-refractivity contribution in [1.82, 2.24) is 13.9 Å². The lowest BCUT2D eigenvalue weighted by atomic mass is 10.1. The Morgan fingerprint density at radius 2 is 1.68 bits per heavy atom. The number of nitrogens with zero attached hydrogens (tertiary/aromatic N) is 2. The number of rotatable bonds is 6. The summed E-state index contributed by atoms with van der Waals surface area (Å²) in [6, 6.07) is 19.2. The van der Waals surface area contributed by atoms with Crippen LogP contribution in [0.5, 0.6) is 0 Å². The zero-order chi connectivity index (χ0) is 24.3. The summed E-state index contributed by atoms with van der Waals surface area (Å²) in [5.41, 5.74) is 3.64. The maximum absolute atomic E-state index is 12.6. The number of hydrogen-bond acceptors (Lipinski definition) is 3. The zero-order valence-corrected chi connectivity index (χ0v) is 19.5. The Balaban J connectivity index is 1.53. The Morgan fingerprint density at radius 1 is 0.971 bits per heavy atom. The van der Waals surface area contributed by atoms with Crippen LogP contribution < -0.4 is 4.72 Å². The number of aryl methyl sites for hydroxylation is 1. The third-order valence-corrected chi connectivity index (χ3v) is 6.98. The van der Waals surface area contributed by atoms with Crippen molar-refractivity contribution in [2.24, 2.45) is 7.05 Å². The molecular formula is C26H23N3O4S. The molecule has 2 N–H and O–H groups in total. The molecule has 0 atom stereocenters. The Bertz CT molecular complexity index is 1500. The Labute approximate surface area is 198 Å². The van der Waals surface area contributed by atoms with E-state index in [-0.39, 0.29) is 17.1 Å². The van der Waals surface area contributed by atoms with E-state index in [2.05, 4.69) is 16.6 Å². The first-order chi connectivity index (χ1) is 16.3. The molecule has 0 fully saturated rings. The van der Waals surface area contributed by atoms with E-state index >= 15 is 0 Å². The lowest BCUT2D eigenvalue weighted by Gasteiger charge is -2.10. The number of aromatic carboxylic acids is 1. The van der Waals surface area contributed by atoms with Crippen LogP contribution in [0.3, 0.4) is 0 Å². The monoisotopic (exact) mass is 473 g/mol. The molecule has 0 radical (unpaired) electrons. The molecule has 0 spiro atoms. The molecule has 0 unspecified atom stereocenters. The van der Waals surface area contributed by atoms with Crippen LogP contribution in [0, 0.1) is 18.8 Å². The third kappa shape index (κ3) is 4.81. The molecule has 8 heteroatoms. The molecule has 0 aliphatic rings. The van der Waals surface area contributed by atoms with Gasteiger partial charge in [-0.2, -0.15) is 0 Å². The van der Waals surface area contributed by atoms with Crippen LogP contribution >= 0.6 is 0 Å². The number of carboxylic acid groups (broad SMARTS) is 1. The zero-order valence-electron chi connectivity index (χ0n) is 18.7. The van der Waals surface area contributed by atoms with Crippen molar-refractivity contribution in [2.75, 3.05) is 0 Å². The minimum atomic E-state index is -3.63. The molecular weight excluding hydrogens is 450 g/mol. The van der Waals surface area contributed by atoms with Crippen LogP contribution in [0.15, 0.2) is 84.1 Å². The van der Waals surface area contributed by atoms with Crippen LogP contribution in [-0.2, 0) is 23.6 Å². The molecule has 7 nitrogen and oxygen atoms in total. The van der Waals surface area contributed by atoms with Gasteiger partial charge in [-0.25, -0.2) is 17.9 Å². The molecule has 0 aliphatic heterocycles. The first-order valence-corrected chi connectivity index (χ1v) is 12.0. The number of para-hydroxylation sites is 1. The van der Waals surface area contributed by atoms with Crippen molar-refractivity contribution in [3.63, 3.8) is 0 Å². The normalized spacial score (nSPS) is 11.1. The van der Waals surface area contributed by atoms with Crippen molar-refractivity contribution in [1.29, 1.82) is 0 Å². The summed E-state index contributed by atoms with van der Waals surface area (Å²) >= 11 is 0. The number of nitrogens with one attached hydrogen (secondary N) is 1. The fraction of sp³-hybridized carbons (Fsp3) is 0.115. The molecule has 0 amide bonds. The molecule has 2 aromatic heterocycles. The maximum atomic E-state index is 12.6. The van der Waals surface area contributed by atoms with Gasteiger partial charge in [0.25, 0.3) is 10.0 Å². The first kappa shape index (κ1) is 23.1. The standard InChI is InChI=1S/C26H23N3O4S/c1-19-8-15-24(28(19)2)34(32,33)27-18-21-11-9-20(10-12-21)13-14-22-6-5-7-23(26(30)31)25(22)29-16-3-4-17-29/h3-12,15-17,27H,18H2,1-2H3,(H,30,31). The van der Waals surface area contributed by atoms with Crippen molar-refractivity contribution >= 4 is 16.0 Å². The lowest BCUT2D eigenvalue weighted by molar-refractivity contribution is 0.0697. The summed E-state index contributed by atoms with van der Waals surface area (Å²) in [6.07, 6.45) is 3.55. The molecule has 172 valence electrons. The van der Waals surface area contributed by atoms with E-state index in [0.29, 0.717) is 11.3 Å². The summed E-state index contributed by atoms with van der Waals surface area (Å²) in [6.45, 7) is 2.00. The Hall–Kier alpha value is -4.06. The smallest absolute Gasteiger partial charge is 0.337 e. The number of carbonyl (C=O) groups is 1. The van der Waals surface area contributed by atoms with Crippen molar-refractivity contribution < 1.29 is 18.3 Å². The van der Waals surface area contributed by atoms with Gasteiger partial charge in [-0.3, -0.25) is 0 Å². The lowest BCUT2D eigenvalue weighted by Crippen LogP contribution is -2.25. The van der Waals surface area contributed by atoms with Crippen LogP contribution in [-0.4, -0.2) is 28.6 Å². The second-order valence-corrected chi connectivity index (χ2v) is 9.45. The van der Waals surface area contributed by atoms with E-state index < -0.39 is 16.0 Å². The number of aromatic nitrogens is 2. The van der Waals surface area contributed by atoms with E-state index in [0.717, 1.165) is 16.8 Å². The van der Waals surface area contributed by atoms with E-state index in [9.17, 15) is 18.3 Å². The van der Waals surface area contributed by atoms with E-state index in [1.54, 1.807) is 71.0 Å². The van der Waals surface area contributed by atoms with Gasteiger partial charge in [0.05, 0.1) is 11.3 Å². The SMILES string of the molecule is Cc1ccc(S(=O)(=O)NCc2ccc(C#Cc3cccc(C(=O)O)c3-n3cccc3)cc2)n1C. The van der Waals surface area contributed by atoms with Gasteiger partial charge in [0, 0.05) is 42.8 Å². The van der Waals surface area contributed by atoms with Crippen LogP contribution in [0.2, 0.25) is 0 Å². The largest absolute Gasteiger partial charge is 0.478 e. The molecule has 0 bridgehead atoms. The quantitative estimate of drug-likeness (QED) is 0.418. The summed E-state index contributed by atoms with van der Waals surface area (Å²) in [5.74, 6) is 5.11. The second-order valence-electron chi connectivity index (χ2n) is 7.74. The minimum Gasteiger partial charge on any atom is -0.478 e. The van der Waals surface area contributed by atoms with Gasteiger partial charge in [-0.05, 0) is 61.0 Å². The third-order valence-electron chi connectivity index (χ3n) is 5.49.